The second-order valence-electron chi connectivity index (χ2n) is 3.09. The van der Waals surface area contributed by atoms with Crippen molar-refractivity contribution in [2.75, 3.05) is 0 Å². The predicted octanol–water partition coefficient (Wildman–Crippen LogP) is 2.96. The smallest absolute Gasteiger partial charge is 0.130 e. The fourth-order valence-electron chi connectivity index (χ4n) is 1.35. The molecule has 0 aliphatic rings. The van der Waals surface area contributed by atoms with Gasteiger partial charge in [-0.2, -0.15) is 0 Å². The quantitative estimate of drug-likeness (QED) is 0.537. The summed E-state index contributed by atoms with van der Waals surface area (Å²) in [5.41, 5.74) is 0. The minimum absolute atomic E-state index is 0.297. The normalized spacial score (nSPS) is 12.5. The zero-order valence-corrected chi connectivity index (χ0v) is 7.60. The molecule has 0 radical (unpaired) electrons. The summed E-state index contributed by atoms with van der Waals surface area (Å²) in [7, 11) is 0. The largest absolute Gasteiger partial charge is 0.300 e. The first-order chi connectivity index (χ1) is 5.20. The molecule has 64 valence electrons. The van der Waals surface area contributed by atoms with Crippen LogP contribution in [0.2, 0.25) is 0 Å². The van der Waals surface area contributed by atoms with Gasteiger partial charge in [0.15, 0.2) is 0 Å². The van der Waals surface area contributed by atoms with Crippen molar-refractivity contribution in [3.63, 3.8) is 0 Å². The number of carbonyl (C=O) groups is 1. The fraction of sp³-hybridized carbons (Fsp3) is 0.700. The molecule has 0 amide bonds. The Balaban J connectivity index is 3.67. The third-order valence-electron chi connectivity index (χ3n) is 1.77. The van der Waals surface area contributed by atoms with Gasteiger partial charge in [-0.05, 0) is 25.7 Å². The molecule has 0 saturated carbocycles. The Bertz CT molecular complexity index is 127. The molecule has 0 spiro atoms. The molecule has 0 aromatic heterocycles. The molecule has 0 saturated heterocycles. The second kappa shape index (κ2) is 6.14. The van der Waals surface area contributed by atoms with Crippen molar-refractivity contribution in [3.8, 4) is 0 Å². The van der Waals surface area contributed by atoms with Crippen molar-refractivity contribution in [3.05, 3.63) is 12.7 Å². The summed E-state index contributed by atoms with van der Waals surface area (Å²) in [5.74, 6) is 0.834. The number of rotatable bonds is 6. The van der Waals surface area contributed by atoms with Gasteiger partial charge >= 0.3 is 0 Å². The Hall–Kier alpha value is -0.590. The molecule has 1 heteroatoms. The highest BCUT2D eigenvalue weighted by molar-refractivity contribution is 5.75. The van der Waals surface area contributed by atoms with E-state index in [4.69, 9.17) is 0 Å². The van der Waals surface area contributed by atoms with E-state index in [1.807, 2.05) is 6.08 Å². The minimum atomic E-state index is 0.297. The highest BCUT2D eigenvalue weighted by atomic mass is 16.1. The van der Waals surface area contributed by atoms with Gasteiger partial charge in [-0.25, -0.2) is 0 Å². The lowest BCUT2D eigenvalue weighted by Crippen LogP contribution is -2.04. The molecule has 0 aromatic rings. The maximum atomic E-state index is 10.8. The van der Waals surface area contributed by atoms with E-state index >= 15 is 0 Å². The summed E-state index contributed by atoms with van der Waals surface area (Å²) in [6.07, 6.45) is 5.91. The van der Waals surface area contributed by atoms with Gasteiger partial charge in [-0.15, -0.1) is 6.58 Å². The first kappa shape index (κ1) is 10.4. The molecule has 0 N–H and O–H groups in total. The molecule has 0 aromatic carbocycles. The lowest BCUT2D eigenvalue weighted by molar-refractivity contribution is -0.117. The fourth-order valence-corrected chi connectivity index (χ4v) is 1.35. The van der Waals surface area contributed by atoms with Gasteiger partial charge in [0.1, 0.15) is 5.78 Å². The van der Waals surface area contributed by atoms with Gasteiger partial charge in [-0.1, -0.05) is 19.4 Å². The van der Waals surface area contributed by atoms with Crippen LogP contribution in [-0.2, 0) is 4.79 Å². The van der Waals surface area contributed by atoms with Crippen LogP contribution in [-0.4, -0.2) is 5.78 Å². The van der Waals surface area contributed by atoms with Crippen LogP contribution in [0.15, 0.2) is 12.7 Å². The zero-order valence-electron chi connectivity index (χ0n) is 7.60. The molecular weight excluding hydrogens is 136 g/mol. The summed E-state index contributed by atoms with van der Waals surface area (Å²) in [5, 5.41) is 0. The van der Waals surface area contributed by atoms with Crippen LogP contribution in [0.1, 0.15) is 39.5 Å². The van der Waals surface area contributed by atoms with E-state index in [1.165, 1.54) is 0 Å². The molecule has 1 atom stereocenters. The van der Waals surface area contributed by atoms with Gasteiger partial charge < -0.3 is 4.79 Å². The lowest BCUT2D eigenvalue weighted by Gasteiger charge is -2.10. The number of allylic oxidation sites excluding steroid dienone is 1. The monoisotopic (exact) mass is 154 g/mol. The lowest BCUT2D eigenvalue weighted by atomic mass is 9.94. The third kappa shape index (κ3) is 5.84. The molecule has 0 rings (SSSR count). The zero-order chi connectivity index (χ0) is 8.69. The van der Waals surface area contributed by atoms with Gasteiger partial charge in [0.05, 0.1) is 0 Å². The Morgan fingerprint density at radius 1 is 1.64 bits per heavy atom. The van der Waals surface area contributed by atoms with Crippen LogP contribution in [0, 0.1) is 5.92 Å². The maximum Gasteiger partial charge on any atom is 0.130 e. The maximum absolute atomic E-state index is 10.8. The van der Waals surface area contributed by atoms with E-state index in [1.54, 1.807) is 6.92 Å². The van der Waals surface area contributed by atoms with Crippen LogP contribution in [0.5, 0.6) is 0 Å². The second-order valence-corrected chi connectivity index (χ2v) is 3.09. The van der Waals surface area contributed by atoms with E-state index in [0.717, 1.165) is 25.7 Å². The summed E-state index contributed by atoms with van der Waals surface area (Å²) in [4.78, 5) is 10.8. The van der Waals surface area contributed by atoms with E-state index < -0.39 is 0 Å². The van der Waals surface area contributed by atoms with E-state index in [-0.39, 0.29) is 0 Å². The van der Waals surface area contributed by atoms with Crippen molar-refractivity contribution < 1.29 is 4.79 Å². The highest BCUT2D eigenvalue weighted by Crippen LogP contribution is 2.15. The number of hydrogen-bond donors (Lipinski definition) is 0. The molecule has 1 unspecified atom stereocenters. The molecule has 11 heavy (non-hydrogen) atoms. The Morgan fingerprint density at radius 2 is 2.27 bits per heavy atom. The Kier molecular flexibility index (Phi) is 5.81. The van der Waals surface area contributed by atoms with Crippen molar-refractivity contribution in [2.45, 2.75) is 39.5 Å². The Morgan fingerprint density at radius 3 is 2.64 bits per heavy atom. The number of hydrogen-bond acceptors (Lipinski definition) is 1. The Labute approximate surface area is 69.5 Å². The molecule has 0 aliphatic carbocycles. The average Bonchev–Trinajstić information content (AvgIpc) is 1.87. The van der Waals surface area contributed by atoms with Crippen LogP contribution < -0.4 is 0 Å². The average molecular weight is 154 g/mol. The molecule has 1 nitrogen and oxygen atoms in total. The van der Waals surface area contributed by atoms with Crippen molar-refractivity contribution in [1.29, 1.82) is 0 Å². The first-order valence-electron chi connectivity index (χ1n) is 4.31. The highest BCUT2D eigenvalue weighted by Gasteiger charge is 2.07. The SMILES string of the molecule is C=CCC(CCC)CC(C)=O. The number of carbonyl (C=O) groups excluding carboxylic acids is 1. The molecule has 0 heterocycles. The summed E-state index contributed by atoms with van der Waals surface area (Å²) in [6, 6.07) is 0. The van der Waals surface area contributed by atoms with Crippen LogP contribution in [0.25, 0.3) is 0 Å². The van der Waals surface area contributed by atoms with Crippen LogP contribution in [0.4, 0.5) is 0 Å². The summed E-state index contributed by atoms with van der Waals surface area (Å²) < 4.78 is 0. The first-order valence-corrected chi connectivity index (χ1v) is 4.31. The van der Waals surface area contributed by atoms with Crippen LogP contribution in [0.3, 0.4) is 0 Å². The van der Waals surface area contributed by atoms with Crippen molar-refractivity contribution in [2.24, 2.45) is 5.92 Å². The molecule has 0 fully saturated rings. The number of ketones is 1. The number of Topliss-reactive ketones (excluding diaryl/α,β-unsaturated/α-hetero) is 1. The van der Waals surface area contributed by atoms with E-state index in [9.17, 15) is 4.79 Å². The molecule has 0 aliphatic heterocycles. The topological polar surface area (TPSA) is 17.1 Å². The summed E-state index contributed by atoms with van der Waals surface area (Å²) in [6.45, 7) is 7.49. The minimum Gasteiger partial charge on any atom is -0.300 e. The third-order valence-corrected chi connectivity index (χ3v) is 1.77. The molecular formula is C10H18O. The van der Waals surface area contributed by atoms with Gasteiger partial charge in [0.25, 0.3) is 0 Å². The van der Waals surface area contributed by atoms with Gasteiger partial charge in [0, 0.05) is 6.42 Å². The van der Waals surface area contributed by atoms with Gasteiger partial charge in [-0.3, -0.25) is 0 Å². The predicted molar refractivity (Wildman–Crippen MR) is 48.5 cm³/mol. The molecule has 0 bridgehead atoms. The van der Waals surface area contributed by atoms with Gasteiger partial charge in [0.2, 0.25) is 0 Å². The summed E-state index contributed by atoms with van der Waals surface area (Å²) >= 11 is 0. The van der Waals surface area contributed by atoms with Crippen LogP contribution >= 0.6 is 0 Å². The van der Waals surface area contributed by atoms with E-state index in [2.05, 4.69) is 13.5 Å². The standard InChI is InChI=1S/C10H18O/c1-4-6-10(7-5-2)8-9(3)11/h4,10H,1,5-8H2,2-3H3. The van der Waals surface area contributed by atoms with Crippen molar-refractivity contribution in [1.82, 2.24) is 0 Å². The van der Waals surface area contributed by atoms with E-state index in [0.29, 0.717) is 11.7 Å². The van der Waals surface area contributed by atoms with Crippen molar-refractivity contribution >= 4 is 5.78 Å².